The van der Waals surface area contributed by atoms with Crippen LogP contribution in [0, 0.1) is 11.7 Å². The molecule has 5 aromatic rings. The number of fused-ring (bicyclic) bond motifs is 5. The quantitative estimate of drug-likeness (QED) is 0.270. The van der Waals surface area contributed by atoms with E-state index >= 15 is 4.39 Å². The summed E-state index contributed by atoms with van der Waals surface area (Å²) in [4.78, 5) is 33.9. The van der Waals surface area contributed by atoms with Crippen molar-refractivity contribution in [2.75, 3.05) is 36.4 Å². The summed E-state index contributed by atoms with van der Waals surface area (Å²) in [6.07, 6.45) is 7.76. The molecule has 7 heterocycles. The Morgan fingerprint density at radius 2 is 1.85 bits per heavy atom. The van der Waals surface area contributed by atoms with Crippen molar-refractivity contribution in [2.24, 2.45) is 5.92 Å². The van der Waals surface area contributed by atoms with Gasteiger partial charge in [0.15, 0.2) is 0 Å². The molecule has 9 heteroatoms. The number of hydrogen-bond acceptors (Lipinski definition) is 6. The third kappa shape index (κ3) is 4.18. The fourth-order valence-corrected chi connectivity index (χ4v) is 7.26. The molecule has 3 N–H and O–H groups in total. The van der Waals surface area contributed by atoms with E-state index in [0.29, 0.717) is 39.6 Å². The predicted molar refractivity (Wildman–Crippen MR) is 160 cm³/mol. The van der Waals surface area contributed by atoms with Crippen LogP contribution in [0.2, 0.25) is 0 Å². The number of pyridine rings is 2. The van der Waals surface area contributed by atoms with E-state index in [9.17, 15) is 4.79 Å². The van der Waals surface area contributed by atoms with Crippen molar-refractivity contribution in [3.8, 4) is 11.4 Å². The lowest BCUT2D eigenvalue weighted by Crippen LogP contribution is -2.53. The third-order valence-electron chi connectivity index (χ3n) is 9.33. The second-order valence-corrected chi connectivity index (χ2v) is 11.7. The Labute approximate surface area is 236 Å². The Morgan fingerprint density at radius 1 is 0.976 bits per heavy atom. The Hall–Kier alpha value is -4.24. The standard InChI is InChI=1S/C32H32FN7O/c33-22-15-21-25(16-28(22)40-12-4-8-27(40)20-5-3-11-34-17-20)38-32(41)29(31-36-23-6-1-2-7-24(23)37-31)30(21)35-26-18-39-13-9-19(26)10-14-39/h1-3,5-7,11,15-17,19,26-27H,4,8-10,12-14,18H2,(H,36,37)(H2,35,38,41)/t26-,27?/m0/s1. The zero-order valence-electron chi connectivity index (χ0n) is 22.7. The maximum Gasteiger partial charge on any atom is 0.261 e. The first-order valence-corrected chi connectivity index (χ1v) is 14.6. The maximum absolute atomic E-state index is 16.2. The van der Waals surface area contributed by atoms with Gasteiger partial charge < -0.3 is 25.1 Å². The molecule has 4 saturated heterocycles. The van der Waals surface area contributed by atoms with Crippen LogP contribution in [-0.4, -0.2) is 57.1 Å². The summed E-state index contributed by atoms with van der Waals surface area (Å²) in [5.41, 5.74) is 4.66. The minimum Gasteiger partial charge on any atom is -0.379 e. The van der Waals surface area contributed by atoms with Crippen LogP contribution in [0.1, 0.15) is 37.3 Å². The Balaban J connectivity index is 1.28. The van der Waals surface area contributed by atoms with E-state index in [-0.39, 0.29) is 23.5 Å². The van der Waals surface area contributed by atoms with Gasteiger partial charge in [0.2, 0.25) is 0 Å². The Kier molecular flexibility index (Phi) is 5.80. The molecule has 4 aliphatic heterocycles. The molecular weight excluding hydrogens is 517 g/mol. The molecule has 9 rings (SSSR count). The van der Waals surface area contributed by atoms with Gasteiger partial charge in [0, 0.05) is 36.9 Å². The van der Waals surface area contributed by atoms with E-state index in [1.54, 1.807) is 12.3 Å². The van der Waals surface area contributed by atoms with Crippen molar-refractivity contribution in [1.82, 2.24) is 24.8 Å². The molecule has 1 unspecified atom stereocenters. The number of H-pyrrole nitrogens is 2. The number of benzene rings is 2. The molecule has 0 aliphatic carbocycles. The van der Waals surface area contributed by atoms with Crippen LogP contribution in [0.3, 0.4) is 0 Å². The molecule has 4 aliphatic rings. The summed E-state index contributed by atoms with van der Waals surface area (Å²) in [5.74, 6) is 0.707. The number of halogens is 1. The van der Waals surface area contributed by atoms with Gasteiger partial charge in [-0.15, -0.1) is 0 Å². The van der Waals surface area contributed by atoms with Crippen LogP contribution in [-0.2, 0) is 0 Å². The molecule has 0 spiro atoms. The molecular formula is C32H32FN7O. The lowest BCUT2D eigenvalue weighted by atomic mass is 9.83. The van der Waals surface area contributed by atoms with Crippen molar-refractivity contribution in [2.45, 2.75) is 37.8 Å². The van der Waals surface area contributed by atoms with Gasteiger partial charge in [-0.25, -0.2) is 9.37 Å². The Bertz CT molecular complexity index is 1780. The van der Waals surface area contributed by atoms with Gasteiger partial charge in [0.25, 0.3) is 5.56 Å². The second kappa shape index (κ2) is 9.69. The van der Waals surface area contributed by atoms with Gasteiger partial charge in [0.1, 0.15) is 17.2 Å². The Morgan fingerprint density at radius 3 is 2.63 bits per heavy atom. The number of nitrogens with one attached hydrogen (secondary N) is 3. The number of piperidine rings is 3. The fraction of sp³-hybridized carbons (Fsp3) is 0.344. The highest BCUT2D eigenvalue weighted by molar-refractivity contribution is 6.00. The molecule has 4 fully saturated rings. The molecule has 2 bridgehead atoms. The zero-order valence-corrected chi connectivity index (χ0v) is 22.7. The predicted octanol–water partition coefficient (Wildman–Crippen LogP) is 5.45. The second-order valence-electron chi connectivity index (χ2n) is 11.7. The highest BCUT2D eigenvalue weighted by Crippen LogP contribution is 2.41. The van der Waals surface area contributed by atoms with E-state index in [1.807, 2.05) is 48.7 Å². The average Bonchev–Trinajstić information content (AvgIpc) is 3.66. The first-order valence-electron chi connectivity index (χ1n) is 14.6. The smallest absolute Gasteiger partial charge is 0.261 e. The maximum atomic E-state index is 16.2. The molecule has 8 nitrogen and oxygen atoms in total. The van der Waals surface area contributed by atoms with Crippen molar-refractivity contribution in [3.63, 3.8) is 0 Å². The number of aromatic nitrogens is 4. The molecule has 2 atom stereocenters. The summed E-state index contributed by atoms with van der Waals surface area (Å²) in [6, 6.07) is 15.3. The molecule has 0 radical (unpaired) electrons. The van der Waals surface area contributed by atoms with E-state index < -0.39 is 0 Å². The van der Waals surface area contributed by atoms with E-state index in [1.165, 1.54) is 0 Å². The summed E-state index contributed by atoms with van der Waals surface area (Å²) < 4.78 is 16.2. The van der Waals surface area contributed by atoms with Gasteiger partial charge in [-0.3, -0.25) is 9.78 Å². The number of aromatic amines is 2. The van der Waals surface area contributed by atoms with E-state index in [2.05, 4.69) is 30.1 Å². The van der Waals surface area contributed by atoms with Crippen molar-refractivity contribution < 1.29 is 4.39 Å². The minimum atomic E-state index is -0.298. The number of imidazole rings is 1. The molecule has 2 aromatic carbocycles. The number of hydrogen-bond donors (Lipinski definition) is 3. The number of para-hydroxylation sites is 2. The average molecular weight is 550 g/mol. The minimum absolute atomic E-state index is 0.0432. The zero-order chi connectivity index (χ0) is 27.5. The molecule has 0 saturated carbocycles. The third-order valence-corrected chi connectivity index (χ3v) is 9.33. The van der Waals surface area contributed by atoms with Crippen LogP contribution in [0.5, 0.6) is 0 Å². The first-order chi connectivity index (χ1) is 20.1. The van der Waals surface area contributed by atoms with Crippen molar-refractivity contribution >= 4 is 33.3 Å². The normalized spacial score (nSPS) is 24.0. The highest BCUT2D eigenvalue weighted by Gasteiger charge is 2.35. The fourth-order valence-electron chi connectivity index (χ4n) is 7.26. The topological polar surface area (TPSA) is 92.9 Å². The lowest BCUT2D eigenvalue weighted by Gasteiger charge is -2.45. The van der Waals surface area contributed by atoms with E-state index in [0.717, 1.165) is 68.5 Å². The van der Waals surface area contributed by atoms with Crippen molar-refractivity contribution in [1.29, 1.82) is 0 Å². The SMILES string of the molecule is O=c1[nH]c2cc(N3CCCC3c3cccnc3)c(F)cc2c(N[C@H]2CN3CCC2CC3)c1-c1nc2ccccc2[nH]1. The summed E-state index contributed by atoms with van der Waals surface area (Å²) in [6.45, 7) is 3.89. The van der Waals surface area contributed by atoms with Crippen LogP contribution in [0.4, 0.5) is 15.8 Å². The van der Waals surface area contributed by atoms with Gasteiger partial charge in [-0.05, 0) is 80.6 Å². The van der Waals surface area contributed by atoms with Crippen LogP contribution >= 0.6 is 0 Å². The van der Waals surface area contributed by atoms with Crippen LogP contribution in [0.15, 0.2) is 65.7 Å². The molecule has 3 aromatic heterocycles. The molecule has 208 valence electrons. The van der Waals surface area contributed by atoms with Crippen LogP contribution < -0.4 is 15.8 Å². The van der Waals surface area contributed by atoms with Crippen LogP contribution in [0.25, 0.3) is 33.3 Å². The summed E-state index contributed by atoms with van der Waals surface area (Å²) in [5, 5.41) is 4.41. The highest BCUT2D eigenvalue weighted by atomic mass is 19.1. The first kappa shape index (κ1) is 24.5. The summed E-state index contributed by atoms with van der Waals surface area (Å²) in [7, 11) is 0. The lowest BCUT2D eigenvalue weighted by molar-refractivity contribution is 0.0976. The van der Waals surface area contributed by atoms with Gasteiger partial charge >= 0.3 is 0 Å². The summed E-state index contributed by atoms with van der Waals surface area (Å²) >= 11 is 0. The van der Waals surface area contributed by atoms with Gasteiger partial charge in [-0.2, -0.15) is 0 Å². The molecule has 41 heavy (non-hydrogen) atoms. The van der Waals surface area contributed by atoms with Gasteiger partial charge in [-0.1, -0.05) is 18.2 Å². The van der Waals surface area contributed by atoms with E-state index in [4.69, 9.17) is 4.98 Å². The van der Waals surface area contributed by atoms with Crippen molar-refractivity contribution in [3.05, 3.63) is 82.7 Å². The largest absolute Gasteiger partial charge is 0.379 e. The molecule has 0 amide bonds. The van der Waals surface area contributed by atoms with Gasteiger partial charge in [0.05, 0.1) is 34.0 Å². The number of nitrogens with zero attached hydrogens (tertiary/aromatic N) is 4. The number of anilines is 2. The monoisotopic (exact) mass is 549 g/mol. The number of rotatable bonds is 5.